The second-order valence-electron chi connectivity index (χ2n) is 6.81. The maximum atomic E-state index is 3.49. The summed E-state index contributed by atoms with van der Waals surface area (Å²) in [7, 11) is 0. The van der Waals surface area contributed by atoms with Gasteiger partial charge in [-0.2, -0.15) is 0 Å². The summed E-state index contributed by atoms with van der Waals surface area (Å²) in [5.74, 6) is 0. The standard InChI is InChI=1S/C21H24N2/c1-14-10-16(3)20(11-15(14)2)17-4-5-18-12-19-6-7-22-8-9-23(19)21(18)13-17/h4-5,10-13,22H,6-9H2,1-3H3. The number of aromatic nitrogens is 1. The second-order valence-corrected chi connectivity index (χ2v) is 6.81. The Morgan fingerprint density at radius 2 is 1.70 bits per heavy atom. The average Bonchev–Trinajstić information content (AvgIpc) is 2.72. The lowest BCUT2D eigenvalue weighted by Gasteiger charge is -2.12. The highest BCUT2D eigenvalue weighted by Gasteiger charge is 2.13. The molecule has 3 aromatic rings. The van der Waals surface area contributed by atoms with Gasteiger partial charge in [0.05, 0.1) is 0 Å². The van der Waals surface area contributed by atoms with Crippen LogP contribution in [0.15, 0.2) is 36.4 Å². The number of rotatable bonds is 1. The Bertz CT molecular complexity index is 886. The van der Waals surface area contributed by atoms with Gasteiger partial charge in [0, 0.05) is 37.3 Å². The minimum Gasteiger partial charge on any atom is -0.343 e. The molecule has 0 saturated carbocycles. The maximum Gasteiger partial charge on any atom is 0.0489 e. The third-order valence-corrected chi connectivity index (χ3v) is 5.21. The molecule has 0 atom stereocenters. The molecule has 1 aromatic heterocycles. The summed E-state index contributed by atoms with van der Waals surface area (Å²) in [6.07, 6.45) is 1.12. The van der Waals surface area contributed by atoms with E-state index in [4.69, 9.17) is 0 Å². The molecule has 0 bridgehead atoms. The molecule has 118 valence electrons. The van der Waals surface area contributed by atoms with Crippen molar-refractivity contribution in [2.75, 3.05) is 13.1 Å². The van der Waals surface area contributed by atoms with Crippen molar-refractivity contribution in [1.29, 1.82) is 0 Å². The molecule has 0 aliphatic carbocycles. The fraction of sp³-hybridized carbons (Fsp3) is 0.333. The van der Waals surface area contributed by atoms with E-state index in [0.717, 1.165) is 26.1 Å². The van der Waals surface area contributed by atoms with Crippen LogP contribution in [0.2, 0.25) is 0 Å². The molecule has 0 fully saturated rings. The van der Waals surface area contributed by atoms with Gasteiger partial charge >= 0.3 is 0 Å². The van der Waals surface area contributed by atoms with Crippen molar-refractivity contribution >= 4 is 10.9 Å². The van der Waals surface area contributed by atoms with Crippen molar-refractivity contribution in [2.45, 2.75) is 33.7 Å². The van der Waals surface area contributed by atoms with Gasteiger partial charge in [0.25, 0.3) is 0 Å². The topological polar surface area (TPSA) is 17.0 Å². The fourth-order valence-corrected chi connectivity index (χ4v) is 3.75. The first-order valence-electron chi connectivity index (χ1n) is 8.54. The Labute approximate surface area is 138 Å². The molecule has 2 aromatic carbocycles. The van der Waals surface area contributed by atoms with Crippen LogP contribution in [0.25, 0.3) is 22.0 Å². The first-order valence-corrected chi connectivity index (χ1v) is 8.54. The van der Waals surface area contributed by atoms with E-state index < -0.39 is 0 Å². The van der Waals surface area contributed by atoms with Crippen molar-refractivity contribution < 1.29 is 0 Å². The van der Waals surface area contributed by atoms with E-state index >= 15 is 0 Å². The molecule has 2 heterocycles. The minimum absolute atomic E-state index is 1.06. The van der Waals surface area contributed by atoms with E-state index in [1.165, 1.54) is 44.4 Å². The summed E-state index contributed by atoms with van der Waals surface area (Å²) in [4.78, 5) is 0. The maximum absolute atomic E-state index is 3.49. The van der Waals surface area contributed by atoms with Gasteiger partial charge in [0.2, 0.25) is 0 Å². The molecular formula is C21H24N2. The van der Waals surface area contributed by atoms with E-state index in [-0.39, 0.29) is 0 Å². The fourth-order valence-electron chi connectivity index (χ4n) is 3.75. The van der Waals surface area contributed by atoms with Crippen LogP contribution in [-0.2, 0) is 13.0 Å². The zero-order valence-electron chi connectivity index (χ0n) is 14.2. The van der Waals surface area contributed by atoms with Gasteiger partial charge in [0.1, 0.15) is 0 Å². The lowest BCUT2D eigenvalue weighted by molar-refractivity contribution is 0.658. The number of benzene rings is 2. The quantitative estimate of drug-likeness (QED) is 0.706. The summed E-state index contributed by atoms with van der Waals surface area (Å²) in [6, 6.07) is 13.9. The molecule has 23 heavy (non-hydrogen) atoms. The SMILES string of the molecule is Cc1cc(C)c(-c2ccc3cc4n(c3c2)CCNCC4)cc1C. The predicted octanol–water partition coefficient (Wildman–Crippen LogP) is 4.38. The van der Waals surface area contributed by atoms with Crippen molar-refractivity contribution in [1.82, 2.24) is 9.88 Å². The highest BCUT2D eigenvalue weighted by Crippen LogP contribution is 2.31. The zero-order chi connectivity index (χ0) is 16.0. The normalized spacial score (nSPS) is 14.7. The van der Waals surface area contributed by atoms with Gasteiger partial charge in [-0.25, -0.2) is 0 Å². The smallest absolute Gasteiger partial charge is 0.0489 e. The minimum atomic E-state index is 1.06. The molecule has 1 aliphatic heterocycles. The number of fused-ring (bicyclic) bond motifs is 3. The van der Waals surface area contributed by atoms with Crippen LogP contribution in [0.1, 0.15) is 22.4 Å². The molecule has 2 nitrogen and oxygen atoms in total. The number of aryl methyl sites for hydroxylation is 3. The molecule has 4 rings (SSSR count). The van der Waals surface area contributed by atoms with Gasteiger partial charge in [-0.05, 0) is 66.1 Å². The van der Waals surface area contributed by atoms with Gasteiger partial charge < -0.3 is 9.88 Å². The van der Waals surface area contributed by atoms with Gasteiger partial charge in [-0.15, -0.1) is 0 Å². The second kappa shape index (κ2) is 5.54. The third-order valence-electron chi connectivity index (χ3n) is 5.21. The Kier molecular flexibility index (Phi) is 3.50. The molecule has 0 radical (unpaired) electrons. The molecule has 0 unspecified atom stereocenters. The van der Waals surface area contributed by atoms with Crippen LogP contribution in [0.3, 0.4) is 0 Å². The van der Waals surface area contributed by atoms with Crippen LogP contribution in [0.5, 0.6) is 0 Å². The monoisotopic (exact) mass is 304 g/mol. The van der Waals surface area contributed by atoms with Crippen LogP contribution in [-0.4, -0.2) is 17.7 Å². The summed E-state index contributed by atoms with van der Waals surface area (Å²) in [6.45, 7) is 9.81. The van der Waals surface area contributed by atoms with E-state index in [2.05, 4.69) is 67.1 Å². The van der Waals surface area contributed by atoms with E-state index in [9.17, 15) is 0 Å². The van der Waals surface area contributed by atoms with Crippen LogP contribution < -0.4 is 5.32 Å². The first-order chi connectivity index (χ1) is 11.1. The molecule has 0 saturated heterocycles. The van der Waals surface area contributed by atoms with Gasteiger partial charge in [-0.1, -0.05) is 24.3 Å². The molecule has 0 amide bonds. The Balaban J connectivity index is 1.89. The van der Waals surface area contributed by atoms with Crippen molar-refractivity contribution in [3.63, 3.8) is 0 Å². The van der Waals surface area contributed by atoms with E-state index in [1.54, 1.807) is 0 Å². The highest BCUT2D eigenvalue weighted by atomic mass is 15.0. The lowest BCUT2D eigenvalue weighted by atomic mass is 9.95. The van der Waals surface area contributed by atoms with Gasteiger partial charge in [0.15, 0.2) is 0 Å². The Morgan fingerprint density at radius 3 is 2.57 bits per heavy atom. The Morgan fingerprint density at radius 1 is 0.870 bits per heavy atom. The van der Waals surface area contributed by atoms with Crippen LogP contribution >= 0.6 is 0 Å². The first kappa shape index (κ1) is 14.5. The number of nitrogens with one attached hydrogen (secondary N) is 1. The summed E-state index contributed by atoms with van der Waals surface area (Å²) < 4.78 is 2.50. The molecule has 1 aliphatic rings. The van der Waals surface area contributed by atoms with E-state index in [1.807, 2.05) is 0 Å². The number of nitrogens with zero attached hydrogens (tertiary/aromatic N) is 1. The summed E-state index contributed by atoms with van der Waals surface area (Å²) in [5, 5.41) is 4.86. The number of hydrogen-bond acceptors (Lipinski definition) is 1. The van der Waals surface area contributed by atoms with Gasteiger partial charge in [-0.3, -0.25) is 0 Å². The lowest BCUT2D eigenvalue weighted by Crippen LogP contribution is -2.17. The third kappa shape index (κ3) is 2.47. The highest BCUT2D eigenvalue weighted by molar-refractivity contribution is 5.87. The van der Waals surface area contributed by atoms with Crippen LogP contribution in [0, 0.1) is 20.8 Å². The number of hydrogen-bond donors (Lipinski definition) is 1. The largest absolute Gasteiger partial charge is 0.343 e. The van der Waals surface area contributed by atoms with Crippen molar-refractivity contribution in [3.8, 4) is 11.1 Å². The summed E-state index contributed by atoms with van der Waals surface area (Å²) in [5.41, 5.74) is 9.61. The molecular weight excluding hydrogens is 280 g/mol. The molecule has 1 N–H and O–H groups in total. The zero-order valence-corrected chi connectivity index (χ0v) is 14.2. The predicted molar refractivity (Wildman–Crippen MR) is 98.2 cm³/mol. The average molecular weight is 304 g/mol. The van der Waals surface area contributed by atoms with Crippen molar-refractivity contribution in [2.24, 2.45) is 0 Å². The van der Waals surface area contributed by atoms with E-state index in [0.29, 0.717) is 0 Å². The molecule has 2 heteroatoms. The summed E-state index contributed by atoms with van der Waals surface area (Å²) >= 11 is 0. The van der Waals surface area contributed by atoms with Crippen molar-refractivity contribution in [3.05, 3.63) is 58.8 Å². The Hall–Kier alpha value is -2.06. The molecule has 0 spiro atoms. The van der Waals surface area contributed by atoms with Crippen LogP contribution in [0.4, 0.5) is 0 Å².